The maximum Gasteiger partial charge on any atom is 0.169 e. The number of hydrogen-bond donors (Lipinski definition) is 9. The number of benzene rings is 5. The highest BCUT2D eigenvalue weighted by atomic mass is 127. The Hall–Kier alpha value is -12.4. The Labute approximate surface area is 655 Å². The van der Waals surface area contributed by atoms with Gasteiger partial charge in [0.1, 0.15) is 114 Å². The summed E-state index contributed by atoms with van der Waals surface area (Å²) in [6, 6.07) is 42.0. The van der Waals surface area contributed by atoms with Gasteiger partial charge in [-0.05, 0) is 185 Å². The lowest BCUT2D eigenvalue weighted by atomic mass is 10.2. The third kappa shape index (κ3) is 24.3. The number of rotatable bonds is 14. The van der Waals surface area contributed by atoms with E-state index in [1.807, 2.05) is 195 Å². The predicted octanol–water partition coefficient (Wildman–Crippen LogP) is 12.5. The summed E-state index contributed by atoms with van der Waals surface area (Å²) in [5, 5.41) is 21.2. The average molecular weight is 1640 g/mol. The van der Waals surface area contributed by atoms with Gasteiger partial charge in [-0.1, -0.05) is 34.8 Å². The fourth-order valence-corrected chi connectivity index (χ4v) is 10.2. The summed E-state index contributed by atoms with van der Waals surface area (Å²) in [5.41, 5.74) is 52.9. The highest BCUT2D eigenvalue weighted by Gasteiger charge is 2.19. The molecule has 17 N–H and O–H groups in total. The molecular weight excluding hydrogens is 1560 g/mol. The Morgan fingerprint density at radius 1 is 0.333 bits per heavy atom. The van der Waals surface area contributed by atoms with E-state index in [9.17, 15) is 0 Å². The highest BCUT2D eigenvalue weighted by Crippen LogP contribution is 2.35. The molecule has 0 fully saturated rings. The summed E-state index contributed by atoms with van der Waals surface area (Å²) in [6.45, 7) is 10.5. The minimum absolute atomic E-state index is 0.127. The van der Waals surface area contributed by atoms with Crippen molar-refractivity contribution in [3.8, 4) is 40.9 Å². The molecule has 0 spiro atoms. The van der Waals surface area contributed by atoms with Crippen molar-refractivity contribution in [1.29, 1.82) is 10.5 Å². The summed E-state index contributed by atoms with van der Waals surface area (Å²) in [7, 11) is 17.6. The number of hydrogen-bond acceptors (Lipinski definition) is 32. The van der Waals surface area contributed by atoms with Crippen LogP contribution in [0.3, 0.4) is 0 Å². The SMILES string of the molecule is CNc1ccc(OC)cc1.COc1ccc(N(C)c2nc(C)nc(C#N)c2N)cc1.COc1ccc(N(C)c2nc(C)nc(Cl)c2N)cc1.COc1ccc(N(C)c2nc(C)nc(I)c2N)cc1.COc1ccc(N(C)c2nc(C)nc(N)c2N)cc1.Cc1nc(Cl)c(N)c(C#N)n1.Cc1nc(N)c(N)c(Cl)n1. The van der Waals surface area contributed by atoms with Crippen LogP contribution in [0.15, 0.2) is 121 Å². The lowest BCUT2D eigenvalue weighted by Crippen LogP contribution is -2.16. The fraction of sp³-hybridized carbons (Fsp3) is 0.222. The lowest BCUT2D eigenvalue weighted by molar-refractivity contribution is 0.414. The molecule has 0 saturated carbocycles. The van der Waals surface area contributed by atoms with Gasteiger partial charge in [0, 0.05) is 63.7 Å². The number of anilines is 17. The first-order valence-electron chi connectivity index (χ1n) is 31.9. The normalized spacial score (nSPS) is 9.94. The van der Waals surface area contributed by atoms with E-state index in [1.54, 1.807) is 70.2 Å². The molecule has 6 heterocycles. The number of halogens is 4. The zero-order valence-corrected chi connectivity index (χ0v) is 66.7. The number of nitrogen functional groups attached to an aromatic ring is 8. The van der Waals surface area contributed by atoms with E-state index in [4.69, 9.17) is 115 Å². The number of aryl methyl sites for hydroxylation is 6. The topological polar surface area (TPSA) is 482 Å². The van der Waals surface area contributed by atoms with Gasteiger partial charge >= 0.3 is 0 Å². The van der Waals surface area contributed by atoms with Crippen molar-refractivity contribution in [2.45, 2.75) is 41.5 Å². The van der Waals surface area contributed by atoms with E-state index in [1.165, 1.54) is 0 Å². The van der Waals surface area contributed by atoms with E-state index in [2.05, 4.69) is 87.7 Å². The van der Waals surface area contributed by atoms with Crippen molar-refractivity contribution >= 4 is 155 Å². The highest BCUT2D eigenvalue weighted by molar-refractivity contribution is 14.1. The largest absolute Gasteiger partial charge is 0.497 e. The third-order valence-electron chi connectivity index (χ3n) is 14.8. The molecule has 0 aliphatic heterocycles. The van der Waals surface area contributed by atoms with Gasteiger partial charge in [0.15, 0.2) is 61.8 Å². The molecule has 32 nitrogen and oxygen atoms in total. The van der Waals surface area contributed by atoms with Gasteiger partial charge in [-0.3, -0.25) is 0 Å². The van der Waals surface area contributed by atoms with Gasteiger partial charge in [0.25, 0.3) is 0 Å². The van der Waals surface area contributed by atoms with E-state index < -0.39 is 0 Å². The molecule has 0 saturated heterocycles. The molecule has 0 aliphatic carbocycles. The molecule has 0 unspecified atom stereocenters. The van der Waals surface area contributed by atoms with Crippen LogP contribution in [0.25, 0.3) is 0 Å². The van der Waals surface area contributed by atoms with Crippen molar-refractivity contribution in [2.24, 2.45) is 0 Å². The molecule has 108 heavy (non-hydrogen) atoms. The minimum Gasteiger partial charge on any atom is -0.497 e. The molecule has 0 radical (unpaired) electrons. The first kappa shape index (κ1) is 86.2. The summed E-state index contributed by atoms with van der Waals surface area (Å²) in [4.78, 5) is 56.2. The smallest absolute Gasteiger partial charge is 0.169 e. The van der Waals surface area contributed by atoms with Gasteiger partial charge in [-0.2, -0.15) is 10.5 Å². The lowest BCUT2D eigenvalue weighted by Gasteiger charge is -2.21. The Morgan fingerprint density at radius 3 is 0.917 bits per heavy atom. The molecule has 0 atom stereocenters. The minimum atomic E-state index is 0.127. The third-order valence-corrected chi connectivity index (χ3v) is 16.5. The van der Waals surface area contributed by atoms with Crippen LogP contribution in [0.2, 0.25) is 15.5 Å². The van der Waals surface area contributed by atoms with Gasteiger partial charge in [-0.25, -0.2) is 59.8 Å². The number of nitrogens with zero attached hydrogens (tertiary/aromatic N) is 18. The van der Waals surface area contributed by atoms with Crippen LogP contribution in [-0.2, 0) is 0 Å². The van der Waals surface area contributed by atoms with E-state index in [0.29, 0.717) is 81.1 Å². The number of nitrogens with two attached hydrogens (primary N) is 8. The number of nitriles is 2. The van der Waals surface area contributed by atoms with Crippen molar-refractivity contribution in [1.82, 2.24) is 59.8 Å². The van der Waals surface area contributed by atoms with Crippen molar-refractivity contribution in [3.63, 3.8) is 0 Å². The number of ether oxygens (including phenoxy) is 5. The molecule has 6 aromatic heterocycles. The van der Waals surface area contributed by atoms with E-state index in [-0.39, 0.29) is 49.7 Å². The van der Waals surface area contributed by atoms with Crippen molar-refractivity contribution in [2.75, 3.05) is 142 Å². The molecule has 0 bridgehead atoms. The van der Waals surface area contributed by atoms with Gasteiger partial charge in [0.05, 0.1) is 35.5 Å². The number of methoxy groups -OCH3 is 5. The second-order valence-corrected chi connectivity index (χ2v) is 24.4. The predicted molar refractivity (Wildman–Crippen MR) is 440 cm³/mol. The molecule has 36 heteroatoms. The fourth-order valence-electron chi connectivity index (χ4n) is 9.00. The van der Waals surface area contributed by atoms with Crippen LogP contribution >= 0.6 is 57.4 Å². The summed E-state index contributed by atoms with van der Waals surface area (Å²) >= 11 is 19.2. The Kier molecular flexibility index (Phi) is 33.0. The molecule has 11 aromatic rings. The van der Waals surface area contributed by atoms with Gasteiger partial charge in [-0.15, -0.1) is 0 Å². The second kappa shape index (κ2) is 41.3. The van der Waals surface area contributed by atoms with E-state index in [0.717, 1.165) is 60.9 Å². The van der Waals surface area contributed by atoms with Gasteiger partial charge in [0.2, 0.25) is 0 Å². The van der Waals surface area contributed by atoms with Crippen molar-refractivity contribution < 1.29 is 23.7 Å². The first-order chi connectivity index (χ1) is 51.3. The maximum absolute atomic E-state index is 9.03. The molecule has 0 aliphatic rings. The monoisotopic (exact) mass is 1640 g/mol. The molecule has 11 rings (SSSR count). The molecule has 5 aromatic carbocycles. The van der Waals surface area contributed by atoms with E-state index >= 15 is 0 Å². The first-order valence-corrected chi connectivity index (χ1v) is 34.1. The van der Waals surface area contributed by atoms with Crippen molar-refractivity contribution in [3.05, 3.63) is 187 Å². The van der Waals surface area contributed by atoms with Crippen LogP contribution < -0.4 is 94.5 Å². The second-order valence-electron chi connectivity index (χ2n) is 22.3. The number of nitrogens with one attached hydrogen (secondary N) is 1. The summed E-state index contributed by atoms with van der Waals surface area (Å²) in [6.07, 6.45) is 0. The summed E-state index contributed by atoms with van der Waals surface area (Å²) < 4.78 is 26.3. The zero-order valence-electron chi connectivity index (χ0n) is 62.3. The molecule has 0 amide bonds. The average Bonchev–Trinajstić information content (AvgIpc) is 0.832. The molecule has 566 valence electrons. The Bertz CT molecular complexity index is 4580. The van der Waals surface area contributed by atoms with Crippen LogP contribution in [0.4, 0.5) is 97.5 Å². The Morgan fingerprint density at radius 2 is 0.583 bits per heavy atom. The van der Waals surface area contributed by atoms with Crippen LogP contribution in [0, 0.1) is 67.9 Å². The molecular formula is C72H85Cl3IN27O5. The number of aromatic nitrogens is 12. The quantitative estimate of drug-likeness (QED) is 0.0361. The summed E-state index contributed by atoms with van der Waals surface area (Å²) in [5.74, 6) is 10.3. The zero-order chi connectivity index (χ0) is 80.2. The van der Waals surface area contributed by atoms with Crippen LogP contribution in [0.1, 0.15) is 46.3 Å². The van der Waals surface area contributed by atoms with Crippen LogP contribution in [-0.4, -0.2) is 131 Å². The van der Waals surface area contributed by atoms with Crippen LogP contribution in [0.5, 0.6) is 28.7 Å². The Balaban J connectivity index is 0.000000230. The maximum atomic E-state index is 9.03. The van der Waals surface area contributed by atoms with Gasteiger partial charge < -0.3 is 94.5 Å². The standard InChI is InChI=1S/C14H15N5O.C13H15ClN4O.C13H15IN4O.C13H17N5O.C8H11NO.C6H5ClN4.C5H7ClN4/c1-9-17-12(8-15)13(16)14(18-9)19(2)10-4-6-11(20-3)7-5-10;2*1-8-16-12(14)11(15)13(17-8)18(2)9-4-6-10(19-3)7-5-9;1-8-16-12(15)11(14)13(17-8)18(2)9-4-6-10(19-3)7-5-9;1-9-7-3-5-8(10-2)6-4-7;1-3-10-4(2-8)5(9)6(7)11-3;1-2-9-4(6)3(7)5(8)10-2/h4-7H,16H2,1-3H3;2*4-7H,15H2,1-3H3;4-7H,14H2,1-3H3,(H2,15,16,17);3-6,9H,1-2H3;9H2,1H3;7H2,1H3,(H2,8,9,10).